The third kappa shape index (κ3) is 4.66. The second kappa shape index (κ2) is 8.57. The van der Waals surface area contributed by atoms with E-state index >= 15 is 0 Å². The van der Waals surface area contributed by atoms with Gasteiger partial charge in [0.15, 0.2) is 5.76 Å². The number of furan rings is 1. The van der Waals surface area contributed by atoms with Gasteiger partial charge in [0.25, 0.3) is 11.1 Å². The minimum atomic E-state index is -0.0263. The highest BCUT2D eigenvalue weighted by Gasteiger charge is 2.15. The maximum Gasteiger partial charge on any atom is 0.284 e. The van der Waals surface area contributed by atoms with Crippen molar-refractivity contribution >= 4 is 17.7 Å². The summed E-state index contributed by atoms with van der Waals surface area (Å²) in [4.78, 5) is 14.0. The van der Waals surface area contributed by atoms with E-state index < -0.39 is 0 Å². The van der Waals surface area contributed by atoms with Crippen LogP contribution >= 0.6 is 11.8 Å². The fourth-order valence-electron chi connectivity index (χ4n) is 2.22. The number of ether oxygens (including phenoxy) is 1. The lowest BCUT2D eigenvalue weighted by Gasteiger charge is -2.16. The van der Waals surface area contributed by atoms with Gasteiger partial charge in [0.1, 0.15) is 5.75 Å². The highest BCUT2D eigenvalue weighted by molar-refractivity contribution is 7.99. The molecule has 136 valence electrons. The molecule has 0 fully saturated rings. The molecule has 0 bridgehead atoms. The van der Waals surface area contributed by atoms with Crippen LogP contribution in [-0.4, -0.2) is 40.4 Å². The van der Waals surface area contributed by atoms with Crippen molar-refractivity contribution in [3.05, 3.63) is 48.2 Å². The molecule has 3 aromatic rings. The number of aromatic nitrogens is 2. The molecule has 2 heterocycles. The monoisotopic (exact) mass is 373 g/mol. The number of thioether (sulfide) groups is 1. The van der Waals surface area contributed by atoms with E-state index in [4.69, 9.17) is 13.6 Å². The van der Waals surface area contributed by atoms with E-state index in [1.54, 1.807) is 24.1 Å². The molecule has 8 heteroatoms. The van der Waals surface area contributed by atoms with Crippen molar-refractivity contribution in [1.29, 1.82) is 0 Å². The predicted octanol–water partition coefficient (Wildman–Crippen LogP) is 3.48. The minimum Gasteiger partial charge on any atom is -0.494 e. The van der Waals surface area contributed by atoms with Crippen molar-refractivity contribution < 1.29 is 18.4 Å². The van der Waals surface area contributed by atoms with Gasteiger partial charge in [0.2, 0.25) is 5.91 Å². The van der Waals surface area contributed by atoms with Crippen LogP contribution in [0.5, 0.6) is 5.75 Å². The third-order valence-corrected chi connectivity index (χ3v) is 4.34. The molecule has 0 atom stereocenters. The van der Waals surface area contributed by atoms with Gasteiger partial charge < -0.3 is 18.5 Å². The Labute approximate surface area is 155 Å². The van der Waals surface area contributed by atoms with Crippen molar-refractivity contribution in [1.82, 2.24) is 15.1 Å². The molecule has 2 aromatic heterocycles. The lowest BCUT2D eigenvalue weighted by molar-refractivity contribution is -0.127. The molecule has 0 spiro atoms. The van der Waals surface area contributed by atoms with Crippen LogP contribution in [0.3, 0.4) is 0 Å². The van der Waals surface area contributed by atoms with Gasteiger partial charge in [-0.2, -0.15) is 0 Å². The maximum absolute atomic E-state index is 12.3. The zero-order valence-corrected chi connectivity index (χ0v) is 15.4. The maximum atomic E-state index is 12.3. The SMILES string of the molecule is CCOc1ccc(CN(C)C(=O)CSc2nnc(-c3ccco3)o2)cc1. The smallest absolute Gasteiger partial charge is 0.284 e. The lowest BCUT2D eigenvalue weighted by Crippen LogP contribution is -2.27. The summed E-state index contributed by atoms with van der Waals surface area (Å²) in [7, 11) is 1.77. The first-order valence-corrected chi connectivity index (χ1v) is 9.10. The molecule has 26 heavy (non-hydrogen) atoms. The van der Waals surface area contributed by atoms with E-state index in [1.165, 1.54) is 18.0 Å². The standard InChI is InChI=1S/C18H19N3O4S/c1-3-23-14-8-6-13(7-9-14)11-21(2)16(22)12-26-18-20-19-17(25-18)15-5-4-10-24-15/h4-10H,3,11-12H2,1-2H3. The van der Waals surface area contributed by atoms with Gasteiger partial charge in [-0.25, -0.2) is 0 Å². The van der Waals surface area contributed by atoms with Gasteiger partial charge in [-0.15, -0.1) is 10.2 Å². The quantitative estimate of drug-likeness (QED) is 0.559. The van der Waals surface area contributed by atoms with Crippen LogP contribution in [0.2, 0.25) is 0 Å². The Morgan fingerprint density at radius 3 is 2.73 bits per heavy atom. The number of benzene rings is 1. The molecule has 7 nitrogen and oxygen atoms in total. The second-order valence-electron chi connectivity index (χ2n) is 5.47. The molecule has 0 saturated heterocycles. The number of hydrogen-bond acceptors (Lipinski definition) is 7. The molecule has 0 aliphatic carbocycles. The minimum absolute atomic E-state index is 0.0263. The zero-order valence-electron chi connectivity index (χ0n) is 14.5. The van der Waals surface area contributed by atoms with E-state index in [1.807, 2.05) is 31.2 Å². The van der Waals surface area contributed by atoms with Crippen molar-refractivity contribution in [3.63, 3.8) is 0 Å². The summed E-state index contributed by atoms with van der Waals surface area (Å²) in [5, 5.41) is 8.15. The van der Waals surface area contributed by atoms with Crippen LogP contribution in [0, 0.1) is 0 Å². The summed E-state index contributed by atoms with van der Waals surface area (Å²) in [6, 6.07) is 11.2. The lowest BCUT2D eigenvalue weighted by atomic mass is 10.2. The fraction of sp³-hybridized carbons (Fsp3) is 0.278. The number of rotatable bonds is 8. The third-order valence-electron chi connectivity index (χ3n) is 3.54. The zero-order chi connectivity index (χ0) is 18.4. The van der Waals surface area contributed by atoms with E-state index in [-0.39, 0.29) is 11.7 Å². The normalized spacial score (nSPS) is 10.7. The second-order valence-corrected chi connectivity index (χ2v) is 6.39. The van der Waals surface area contributed by atoms with Gasteiger partial charge in [-0.3, -0.25) is 4.79 Å². The van der Waals surface area contributed by atoms with Crippen molar-refractivity contribution in [2.24, 2.45) is 0 Å². The Balaban J connectivity index is 1.49. The Kier molecular flexibility index (Phi) is 5.96. The van der Waals surface area contributed by atoms with Crippen LogP contribution in [0.25, 0.3) is 11.7 Å². The Morgan fingerprint density at radius 2 is 2.04 bits per heavy atom. The summed E-state index contributed by atoms with van der Waals surface area (Å²) in [5.74, 6) is 1.81. The molecule has 3 rings (SSSR count). The van der Waals surface area contributed by atoms with Gasteiger partial charge in [0.05, 0.1) is 18.6 Å². The molecule has 0 aliphatic heterocycles. The number of hydrogen-bond donors (Lipinski definition) is 0. The molecule has 1 amide bonds. The highest BCUT2D eigenvalue weighted by Crippen LogP contribution is 2.23. The number of carbonyl (C=O) groups excluding carboxylic acids is 1. The molecule has 0 radical (unpaired) electrons. The van der Waals surface area contributed by atoms with Crippen molar-refractivity contribution in [2.75, 3.05) is 19.4 Å². The number of carbonyl (C=O) groups is 1. The van der Waals surface area contributed by atoms with Crippen LogP contribution < -0.4 is 4.74 Å². The molecule has 0 N–H and O–H groups in total. The Hall–Kier alpha value is -2.74. The van der Waals surface area contributed by atoms with Gasteiger partial charge in [0, 0.05) is 13.6 Å². The average molecular weight is 373 g/mol. The van der Waals surface area contributed by atoms with Crippen LogP contribution in [0.15, 0.2) is 56.7 Å². The predicted molar refractivity (Wildman–Crippen MR) is 96.8 cm³/mol. The summed E-state index contributed by atoms with van der Waals surface area (Å²) < 4.78 is 16.1. The molecular weight excluding hydrogens is 354 g/mol. The van der Waals surface area contributed by atoms with E-state index in [9.17, 15) is 4.79 Å². The highest BCUT2D eigenvalue weighted by atomic mass is 32.2. The van der Waals surface area contributed by atoms with Crippen LogP contribution in [0.1, 0.15) is 12.5 Å². The largest absolute Gasteiger partial charge is 0.494 e. The molecule has 0 unspecified atom stereocenters. The summed E-state index contributed by atoms with van der Waals surface area (Å²) >= 11 is 1.20. The Morgan fingerprint density at radius 1 is 1.23 bits per heavy atom. The van der Waals surface area contributed by atoms with Gasteiger partial charge in [-0.1, -0.05) is 23.9 Å². The summed E-state index contributed by atoms with van der Waals surface area (Å²) in [6.45, 7) is 3.10. The number of nitrogens with zero attached hydrogens (tertiary/aromatic N) is 3. The molecular formula is C18H19N3O4S. The molecule has 0 saturated carbocycles. The first kappa shape index (κ1) is 18.1. The number of amides is 1. The van der Waals surface area contributed by atoms with Gasteiger partial charge >= 0.3 is 0 Å². The first-order valence-electron chi connectivity index (χ1n) is 8.11. The summed E-state index contributed by atoms with van der Waals surface area (Å²) in [5.41, 5.74) is 1.03. The van der Waals surface area contributed by atoms with E-state index in [2.05, 4.69) is 10.2 Å². The fourth-order valence-corrected chi connectivity index (χ4v) is 2.93. The Bertz CT molecular complexity index is 831. The van der Waals surface area contributed by atoms with Crippen LogP contribution in [0.4, 0.5) is 0 Å². The first-order chi connectivity index (χ1) is 12.7. The molecule has 1 aromatic carbocycles. The van der Waals surface area contributed by atoms with E-state index in [0.29, 0.717) is 30.0 Å². The topological polar surface area (TPSA) is 81.6 Å². The van der Waals surface area contributed by atoms with Gasteiger partial charge in [-0.05, 0) is 36.8 Å². The molecule has 0 aliphatic rings. The van der Waals surface area contributed by atoms with E-state index in [0.717, 1.165) is 11.3 Å². The summed E-state index contributed by atoms with van der Waals surface area (Å²) in [6.07, 6.45) is 1.53. The van der Waals surface area contributed by atoms with Crippen molar-refractivity contribution in [2.45, 2.75) is 18.7 Å². The van der Waals surface area contributed by atoms with Crippen LogP contribution in [-0.2, 0) is 11.3 Å². The average Bonchev–Trinajstić information content (AvgIpc) is 3.33. The van der Waals surface area contributed by atoms with Crippen molar-refractivity contribution in [3.8, 4) is 17.4 Å².